The summed E-state index contributed by atoms with van der Waals surface area (Å²) in [5.74, 6) is 1.90. The van der Waals surface area contributed by atoms with Crippen molar-refractivity contribution >= 4 is 0 Å². The van der Waals surface area contributed by atoms with Crippen LogP contribution in [-0.4, -0.2) is 0 Å². The average Bonchev–Trinajstić information content (AvgIpc) is 3.66. The van der Waals surface area contributed by atoms with Crippen molar-refractivity contribution in [2.75, 3.05) is 0 Å². The van der Waals surface area contributed by atoms with E-state index in [1.807, 2.05) is 13.8 Å². The van der Waals surface area contributed by atoms with E-state index in [2.05, 4.69) is 126 Å². The minimum absolute atomic E-state index is 0. The van der Waals surface area contributed by atoms with Gasteiger partial charge in [-0.15, -0.1) is 0 Å². The third kappa shape index (κ3) is 14.2. The maximum absolute atomic E-state index is 2.49. The monoisotopic (exact) mass is 673 g/mol. The predicted molar refractivity (Wildman–Crippen MR) is 205 cm³/mol. The van der Waals surface area contributed by atoms with E-state index in [0.717, 1.165) is 37.5 Å². The molecule has 46 heavy (non-hydrogen) atoms. The Morgan fingerprint density at radius 2 is 0.957 bits per heavy atom. The van der Waals surface area contributed by atoms with E-state index in [1.54, 1.807) is 0 Å². The molecule has 2 aromatic carbocycles. The van der Waals surface area contributed by atoms with Crippen molar-refractivity contribution < 1.29 is 17.1 Å². The number of hydrogen-bond donors (Lipinski definition) is 0. The molecular weight excluding hydrogens is 596 g/mol. The number of benzene rings is 2. The van der Waals surface area contributed by atoms with E-state index in [1.165, 1.54) is 78.3 Å². The van der Waals surface area contributed by atoms with Crippen molar-refractivity contribution in [2.45, 2.75) is 178 Å². The molecule has 6 aliphatic carbocycles. The Balaban J connectivity index is 0.000000761. The molecule has 0 aliphatic heterocycles. The van der Waals surface area contributed by atoms with Gasteiger partial charge in [-0.3, -0.25) is 0 Å². The van der Waals surface area contributed by atoms with Crippen LogP contribution < -0.4 is 0 Å². The second-order valence-corrected chi connectivity index (χ2v) is 18.0. The molecule has 264 valence electrons. The van der Waals surface area contributed by atoms with Crippen molar-refractivity contribution in [1.82, 2.24) is 0 Å². The SMILES string of the molecule is CC.CC(C)(C)C1CCCC1.CC(C)(C)C1[CH-]CCC1.CC(C)(C)c1cc2ccc1CCc1ccc(c(C(C)(C)C)c1)CC2.[CH3-].[Fe+2]. The smallest absolute Gasteiger partial charge is 0.358 e. The van der Waals surface area contributed by atoms with Gasteiger partial charge in [-0.05, 0) is 94.1 Å². The molecule has 2 saturated carbocycles. The summed E-state index contributed by atoms with van der Waals surface area (Å²) in [5.41, 5.74) is 10.6. The first-order chi connectivity index (χ1) is 20.4. The number of aryl methyl sites for hydroxylation is 4. The second-order valence-electron chi connectivity index (χ2n) is 18.0. The van der Waals surface area contributed by atoms with Crippen LogP contribution in [0.4, 0.5) is 0 Å². The van der Waals surface area contributed by atoms with Crippen LogP contribution >= 0.6 is 0 Å². The molecule has 0 spiro atoms. The largest absolute Gasteiger partial charge is 2.00 e. The van der Waals surface area contributed by atoms with Gasteiger partial charge in [0.2, 0.25) is 0 Å². The zero-order valence-electron chi connectivity index (χ0n) is 33.3. The molecule has 0 N–H and O–H groups in total. The molecule has 1 atom stereocenters. The zero-order chi connectivity index (χ0) is 33.3. The van der Waals surface area contributed by atoms with Crippen LogP contribution in [0.2, 0.25) is 0 Å². The van der Waals surface area contributed by atoms with Crippen molar-refractivity contribution in [3.63, 3.8) is 0 Å². The maximum atomic E-state index is 2.49. The van der Waals surface area contributed by atoms with E-state index in [9.17, 15) is 0 Å². The summed E-state index contributed by atoms with van der Waals surface area (Å²) in [6.45, 7) is 32.1. The summed E-state index contributed by atoms with van der Waals surface area (Å²) in [6.07, 6.45) is 17.1. The Bertz CT molecular complexity index is 1020. The topological polar surface area (TPSA) is 0 Å². The molecule has 2 fully saturated rings. The Morgan fingerprint density at radius 1 is 0.543 bits per heavy atom. The molecule has 0 nitrogen and oxygen atoms in total. The van der Waals surface area contributed by atoms with Crippen LogP contribution in [0.3, 0.4) is 0 Å². The van der Waals surface area contributed by atoms with E-state index >= 15 is 0 Å². The Morgan fingerprint density at radius 3 is 1.22 bits per heavy atom. The van der Waals surface area contributed by atoms with Gasteiger partial charge >= 0.3 is 17.1 Å². The summed E-state index contributed by atoms with van der Waals surface area (Å²) >= 11 is 0. The minimum Gasteiger partial charge on any atom is -0.358 e. The van der Waals surface area contributed by atoms with Crippen LogP contribution in [-0.2, 0) is 53.6 Å². The standard InChI is InChI=1S/C24H32.C9H18.C9H17.C2H6.CH3.Fe/c1-23(2,3)21-15-17-7-11-19(21)13-9-18-8-12-20(14-10-17)22(16-18)24(4,5)6;2*1-9(2,3)8-6-4-5-7-8;1-2;;/h7-8,11-12,15-16H,9-10,13-14H2,1-6H3;8H,4-7H2,1-3H3;6,8H,4-5,7H2,1-3H3;1-2H3;1H3;/q;;-1;;-1;+2. The molecule has 6 aliphatic rings. The first-order valence-electron chi connectivity index (χ1n) is 18.4. The quantitative estimate of drug-likeness (QED) is 0.193. The predicted octanol–water partition coefficient (Wildman–Crippen LogP) is 13.9. The van der Waals surface area contributed by atoms with Crippen LogP contribution in [0, 0.1) is 36.5 Å². The average molecular weight is 673 g/mol. The van der Waals surface area contributed by atoms with Gasteiger partial charge in [-0.1, -0.05) is 164 Å². The second kappa shape index (κ2) is 19.2. The molecular formula is C45H76Fe. The number of hydrogen-bond acceptors (Lipinski definition) is 0. The summed E-state index contributed by atoms with van der Waals surface area (Å²) in [5, 5.41) is 0. The molecule has 1 unspecified atom stereocenters. The molecule has 8 rings (SSSR count). The molecule has 0 saturated heterocycles. The molecule has 4 bridgehead atoms. The summed E-state index contributed by atoms with van der Waals surface area (Å²) in [6, 6.07) is 14.4. The minimum atomic E-state index is 0. The third-order valence-corrected chi connectivity index (χ3v) is 10.2. The van der Waals surface area contributed by atoms with Crippen molar-refractivity contribution in [3.8, 4) is 0 Å². The van der Waals surface area contributed by atoms with Crippen molar-refractivity contribution in [2.24, 2.45) is 22.7 Å². The first-order valence-corrected chi connectivity index (χ1v) is 18.4. The normalized spacial score (nSPS) is 18.3. The van der Waals surface area contributed by atoms with Gasteiger partial charge in [-0.2, -0.15) is 12.3 Å². The van der Waals surface area contributed by atoms with Gasteiger partial charge in [0.05, 0.1) is 0 Å². The van der Waals surface area contributed by atoms with Gasteiger partial charge in [0.1, 0.15) is 0 Å². The fraction of sp³-hybridized carbons (Fsp3) is 0.689. The van der Waals surface area contributed by atoms with Gasteiger partial charge in [0, 0.05) is 0 Å². The van der Waals surface area contributed by atoms with Crippen molar-refractivity contribution in [3.05, 3.63) is 83.6 Å². The molecule has 0 aromatic heterocycles. The van der Waals surface area contributed by atoms with E-state index < -0.39 is 0 Å². The summed E-state index contributed by atoms with van der Waals surface area (Å²) < 4.78 is 0. The first kappa shape index (κ1) is 45.0. The Kier molecular flexibility index (Phi) is 18.8. The molecule has 0 amide bonds. The fourth-order valence-corrected chi connectivity index (χ4v) is 7.30. The molecule has 0 heterocycles. The maximum Gasteiger partial charge on any atom is 2.00 e. The summed E-state index contributed by atoms with van der Waals surface area (Å²) in [4.78, 5) is 0. The molecule has 1 heteroatoms. The van der Waals surface area contributed by atoms with E-state index in [0.29, 0.717) is 10.8 Å². The van der Waals surface area contributed by atoms with Gasteiger partial charge in [-0.25, -0.2) is 0 Å². The third-order valence-electron chi connectivity index (χ3n) is 10.2. The van der Waals surface area contributed by atoms with Crippen LogP contribution in [0.15, 0.2) is 36.4 Å². The van der Waals surface area contributed by atoms with E-state index in [4.69, 9.17) is 0 Å². The van der Waals surface area contributed by atoms with Gasteiger partial charge < -0.3 is 13.8 Å². The Hall–Kier alpha value is -1.04. The molecule has 0 radical (unpaired) electrons. The molecule has 2 aromatic rings. The van der Waals surface area contributed by atoms with Crippen molar-refractivity contribution in [1.29, 1.82) is 0 Å². The van der Waals surface area contributed by atoms with Crippen LogP contribution in [0.25, 0.3) is 0 Å². The van der Waals surface area contributed by atoms with E-state index in [-0.39, 0.29) is 35.3 Å². The number of rotatable bonds is 0. The van der Waals surface area contributed by atoms with Gasteiger partial charge in [0.25, 0.3) is 0 Å². The van der Waals surface area contributed by atoms with Gasteiger partial charge in [0.15, 0.2) is 0 Å². The zero-order valence-corrected chi connectivity index (χ0v) is 34.4. The fourth-order valence-electron chi connectivity index (χ4n) is 7.30. The summed E-state index contributed by atoms with van der Waals surface area (Å²) in [7, 11) is 0. The Labute approximate surface area is 300 Å². The van der Waals surface area contributed by atoms with Crippen LogP contribution in [0.5, 0.6) is 0 Å². The van der Waals surface area contributed by atoms with Crippen LogP contribution in [0.1, 0.15) is 175 Å².